The summed E-state index contributed by atoms with van der Waals surface area (Å²) in [5, 5.41) is 10.1. The number of carboxylic acid groups (broad SMARTS) is 1. The Morgan fingerprint density at radius 2 is 2.07 bits per heavy atom. The number of aliphatic carboxylic acids is 1. The average Bonchev–Trinajstić information content (AvgIpc) is 3.47. The lowest BCUT2D eigenvalue weighted by atomic mass is 9.88. The average molecular weight is 404 g/mol. The first-order valence-electron chi connectivity index (χ1n) is 10.6. The first-order valence-corrected chi connectivity index (χ1v) is 10.6. The van der Waals surface area contributed by atoms with Gasteiger partial charge in [0.05, 0.1) is 6.04 Å². The van der Waals surface area contributed by atoms with Crippen molar-refractivity contribution >= 4 is 22.9 Å². The van der Waals surface area contributed by atoms with E-state index < -0.39 is 5.97 Å². The third-order valence-electron chi connectivity index (χ3n) is 6.42. The van der Waals surface area contributed by atoms with Gasteiger partial charge in [0.15, 0.2) is 0 Å². The van der Waals surface area contributed by atoms with E-state index in [4.69, 9.17) is 5.11 Å². The van der Waals surface area contributed by atoms with Crippen LogP contribution in [0, 0.1) is 11.7 Å². The molecule has 30 heavy (non-hydrogen) atoms. The largest absolute Gasteiger partial charge is 0.478 e. The molecule has 154 valence electrons. The number of nitrogens with zero attached hydrogens (tertiary/aromatic N) is 1. The van der Waals surface area contributed by atoms with Gasteiger partial charge in [0.2, 0.25) is 0 Å². The number of hydrogen-bond acceptors (Lipinski definition) is 2. The van der Waals surface area contributed by atoms with Gasteiger partial charge in [0, 0.05) is 40.8 Å². The van der Waals surface area contributed by atoms with Gasteiger partial charge in [-0.05, 0) is 61.4 Å². The number of fused-ring (bicyclic) bond motifs is 3. The van der Waals surface area contributed by atoms with E-state index in [1.54, 1.807) is 6.07 Å². The van der Waals surface area contributed by atoms with Crippen molar-refractivity contribution in [3.8, 4) is 0 Å². The third-order valence-corrected chi connectivity index (χ3v) is 6.42. The van der Waals surface area contributed by atoms with E-state index >= 15 is 4.39 Å². The minimum Gasteiger partial charge on any atom is -0.478 e. The zero-order valence-corrected chi connectivity index (χ0v) is 16.9. The van der Waals surface area contributed by atoms with E-state index in [9.17, 15) is 4.79 Å². The maximum atomic E-state index is 15.3. The Balaban J connectivity index is 1.62. The molecule has 1 aromatic heterocycles. The van der Waals surface area contributed by atoms with Crippen LogP contribution >= 0.6 is 0 Å². The zero-order chi connectivity index (χ0) is 20.8. The lowest BCUT2D eigenvalue weighted by molar-refractivity contribution is -0.131. The molecule has 2 aromatic carbocycles. The number of aromatic amines is 1. The number of rotatable bonds is 5. The van der Waals surface area contributed by atoms with Gasteiger partial charge in [0.1, 0.15) is 5.82 Å². The fourth-order valence-corrected chi connectivity index (χ4v) is 4.76. The van der Waals surface area contributed by atoms with Crippen LogP contribution in [0.15, 0.2) is 48.5 Å². The number of H-pyrrole nitrogens is 1. The maximum Gasteiger partial charge on any atom is 0.328 e. The fourth-order valence-electron chi connectivity index (χ4n) is 4.76. The smallest absolute Gasteiger partial charge is 0.328 e. The number of halogens is 1. The molecule has 0 saturated heterocycles. The Morgan fingerprint density at radius 1 is 1.27 bits per heavy atom. The van der Waals surface area contributed by atoms with Crippen LogP contribution in [-0.4, -0.2) is 33.5 Å². The Bertz CT molecular complexity index is 1150. The number of nitrogens with one attached hydrogen (secondary N) is 1. The number of carbonyl (C=O) groups is 1. The molecule has 0 spiro atoms. The standard InChI is InChI=1S/C25H25FN2O2/c1-15-12-20-18-4-2-3-5-22(18)27-24(20)25(28(15)14-17-6-7-17)19-10-8-16(13-21(19)26)9-11-23(29)30/h2-5,8-11,13,15,17,25,27H,6-7,12,14H2,1H3,(H,29,30)/b11-9+/t15-,25-/m1/s1. The summed E-state index contributed by atoms with van der Waals surface area (Å²) in [7, 11) is 0. The number of para-hydroxylation sites is 1. The number of hydrogen-bond donors (Lipinski definition) is 2. The van der Waals surface area contributed by atoms with Crippen molar-refractivity contribution in [1.29, 1.82) is 0 Å². The summed E-state index contributed by atoms with van der Waals surface area (Å²) in [4.78, 5) is 16.8. The van der Waals surface area contributed by atoms with Crippen LogP contribution in [0.4, 0.5) is 4.39 Å². The molecule has 2 heterocycles. The molecule has 3 aromatic rings. The highest BCUT2D eigenvalue weighted by molar-refractivity contribution is 5.86. The van der Waals surface area contributed by atoms with Crippen molar-refractivity contribution in [3.63, 3.8) is 0 Å². The molecule has 1 aliphatic heterocycles. The van der Waals surface area contributed by atoms with Crippen molar-refractivity contribution in [3.05, 3.63) is 76.7 Å². The maximum absolute atomic E-state index is 15.3. The molecule has 5 heteroatoms. The molecule has 0 bridgehead atoms. The first-order chi connectivity index (χ1) is 14.5. The quantitative estimate of drug-likeness (QED) is 0.578. The molecule has 2 atom stereocenters. The van der Waals surface area contributed by atoms with Crippen molar-refractivity contribution in [1.82, 2.24) is 9.88 Å². The molecule has 1 saturated carbocycles. The van der Waals surface area contributed by atoms with Gasteiger partial charge in [-0.3, -0.25) is 4.90 Å². The normalized spacial score (nSPS) is 21.9. The molecule has 4 nitrogen and oxygen atoms in total. The summed E-state index contributed by atoms with van der Waals surface area (Å²) >= 11 is 0. The topological polar surface area (TPSA) is 56.3 Å². The molecule has 0 unspecified atom stereocenters. The molecular weight excluding hydrogens is 379 g/mol. The van der Waals surface area contributed by atoms with Gasteiger partial charge in [0.25, 0.3) is 0 Å². The van der Waals surface area contributed by atoms with Crippen molar-refractivity contribution in [2.45, 2.75) is 38.3 Å². The molecule has 2 N–H and O–H groups in total. The van der Waals surface area contributed by atoms with Gasteiger partial charge >= 0.3 is 5.97 Å². The predicted molar refractivity (Wildman–Crippen MR) is 116 cm³/mol. The fraction of sp³-hybridized carbons (Fsp3) is 0.320. The second-order valence-electron chi connectivity index (χ2n) is 8.61. The van der Waals surface area contributed by atoms with E-state index in [1.165, 1.54) is 35.9 Å². The van der Waals surface area contributed by atoms with E-state index in [0.717, 1.165) is 30.3 Å². The Morgan fingerprint density at radius 3 is 2.80 bits per heavy atom. The molecule has 1 aliphatic carbocycles. The SMILES string of the molecule is C[C@@H]1Cc2c([nH]c3ccccc23)[C@@H](c2ccc(/C=C/C(=O)O)cc2F)N1CC1CC1. The molecular formula is C25H25FN2O2. The van der Waals surface area contributed by atoms with Crippen LogP contribution in [0.2, 0.25) is 0 Å². The minimum atomic E-state index is -1.04. The van der Waals surface area contributed by atoms with E-state index in [1.807, 2.05) is 12.1 Å². The summed E-state index contributed by atoms with van der Waals surface area (Å²) in [5.41, 5.74) is 4.65. The van der Waals surface area contributed by atoms with Gasteiger partial charge in [-0.25, -0.2) is 9.18 Å². The number of benzene rings is 2. The Labute approximate surface area is 175 Å². The summed E-state index contributed by atoms with van der Waals surface area (Å²) in [6, 6.07) is 13.5. The molecule has 0 amide bonds. The van der Waals surface area contributed by atoms with Gasteiger partial charge in [-0.1, -0.05) is 30.3 Å². The lowest BCUT2D eigenvalue weighted by Crippen LogP contribution is -2.44. The lowest BCUT2D eigenvalue weighted by Gasteiger charge is -2.41. The Kier molecular flexibility index (Phi) is 4.70. The van der Waals surface area contributed by atoms with Crippen molar-refractivity contribution in [2.24, 2.45) is 5.92 Å². The molecule has 5 rings (SSSR count). The van der Waals surface area contributed by atoms with Gasteiger partial charge in [-0.2, -0.15) is 0 Å². The van der Waals surface area contributed by atoms with Crippen LogP contribution in [0.1, 0.15) is 48.2 Å². The number of carboxylic acids is 1. The number of aromatic nitrogens is 1. The summed E-state index contributed by atoms with van der Waals surface area (Å²) in [6.45, 7) is 3.21. The molecule has 0 radical (unpaired) electrons. The van der Waals surface area contributed by atoms with Crippen molar-refractivity contribution in [2.75, 3.05) is 6.54 Å². The highest BCUT2D eigenvalue weighted by Crippen LogP contribution is 2.44. The van der Waals surface area contributed by atoms with Gasteiger partial charge < -0.3 is 10.1 Å². The second kappa shape index (κ2) is 7.40. The van der Waals surface area contributed by atoms with Gasteiger partial charge in [-0.15, -0.1) is 0 Å². The van der Waals surface area contributed by atoms with E-state index in [2.05, 4.69) is 35.0 Å². The van der Waals surface area contributed by atoms with Crippen molar-refractivity contribution < 1.29 is 14.3 Å². The summed E-state index contributed by atoms with van der Waals surface area (Å²) in [5.74, 6) is -0.646. The third kappa shape index (κ3) is 3.43. The highest BCUT2D eigenvalue weighted by atomic mass is 19.1. The molecule has 2 aliphatic rings. The predicted octanol–water partition coefficient (Wildman–Crippen LogP) is 5.15. The highest BCUT2D eigenvalue weighted by Gasteiger charge is 2.39. The zero-order valence-electron chi connectivity index (χ0n) is 16.9. The van der Waals surface area contributed by atoms with E-state index in [0.29, 0.717) is 23.1 Å². The summed E-state index contributed by atoms with van der Waals surface area (Å²) < 4.78 is 15.3. The second-order valence-corrected chi connectivity index (χ2v) is 8.61. The first kappa shape index (κ1) is 19.1. The monoisotopic (exact) mass is 404 g/mol. The van der Waals surface area contributed by atoms with Crippen LogP contribution in [0.5, 0.6) is 0 Å². The minimum absolute atomic E-state index is 0.172. The Hall–Kier alpha value is -2.92. The van der Waals surface area contributed by atoms with Crippen LogP contribution in [-0.2, 0) is 11.2 Å². The summed E-state index contributed by atoms with van der Waals surface area (Å²) in [6.07, 6.45) is 5.90. The molecule has 1 fully saturated rings. The van der Waals surface area contributed by atoms with Crippen LogP contribution < -0.4 is 0 Å². The van der Waals surface area contributed by atoms with E-state index in [-0.39, 0.29) is 11.9 Å². The van der Waals surface area contributed by atoms with Crippen LogP contribution in [0.3, 0.4) is 0 Å². The van der Waals surface area contributed by atoms with Crippen LogP contribution in [0.25, 0.3) is 17.0 Å².